The van der Waals surface area contributed by atoms with E-state index in [1.807, 2.05) is 18.5 Å². The minimum Gasteiger partial charge on any atom is -0.373 e. The molecule has 1 saturated heterocycles. The molecule has 2 aromatic rings. The van der Waals surface area contributed by atoms with Gasteiger partial charge in [-0.05, 0) is 18.6 Å². The van der Waals surface area contributed by atoms with Gasteiger partial charge in [-0.1, -0.05) is 0 Å². The Labute approximate surface area is 132 Å². The van der Waals surface area contributed by atoms with E-state index >= 15 is 0 Å². The van der Waals surface area contributed by atoms with Gasteiger partial charge >= 0.3 is 0 Å². The molecule has 0 amide bonds. The maximum Gasteiger partial charge on any atom is 0.268 e. The number of nitrogens with zero attached hydrogens (tertiary/aromatic N) is 4. The SMILES string of the molecule is N#Cc1c(N2CCC(N3C=CNC3)C2)c2ncccc2[nH]c1=O. The van der Waals surface area contributed by atoms with Gasteiger partial charge in [0, 0.05) is 37.7 Å². The largest absolute Gasteiger partial charge is 0.373 e. The van der Waals surface area contributed by atoms with E-state index in [2.05, 4.69) is 31.2 Å². The first-order chi connectivity index (χ1) is 11.3. The second-order valence-corrected chi connectivity index (χ2v) is 5.77. The van der Waals surface area contributed by atoms with Gasteiger partial charge in [0.2, 0.25) is 0 Å². The number of aromatic nitrogens is 2. The van der Waals surface area contributed by atoms with Crippen LogP contribution in [-0.2, 0) is 0 Å². The highest BCUT2D eigenvalue weighted by molar-refractivity contribution is 5.91. The van der Waals surface area contributed by atoms with Gasteiger partial charge < -0.3 is 20.1 Å². The molecule has 1 unspecified atom stereocenters. The van der Waals surface area contributed by atoms with Crippen molar-refractivity contribution < 1.29 is 0 Å². The van der Waals surface area contributed by atoms with Crippen molar-refractivity contribution in [1.29, 1.82) is 5.26 Å². The maximum atomic E-state index is 12.2. The average molecular weight is 308 g/mol. The summed E-state index contributed by atoms with van der Waals surface area (Å²) in [7, 11) is 0. The Balaban J connectivity index is 1.78. The van der Waals surface area contributed by atoms with Gasteiger partial charge in [-0.25, -0.2) is 0 Å². The van der Waals surface area contributed by atoms with Crippen LogP contribution >= 0.6 is 0 Å². The molecule has 0 aliphatic carbocycles. The number of rotatable bonds is 2. The van der Waals surface area contributed by atoms with Crippen molar-refractivity contribution in [3.8, 4) is 6.07 Å². The molecule has 116 valence electrons. The number of nitrogens with one attached hydrogen (secondary N) is 2. The third-order valence-corrected chi connectivity index (χ3v) is 4.46. The molecular formula is C16H16N6O. The molecule has 23 heavy (non-hydrogen) atoms. The Bertz CT molecular complexity index is 880. The summed E-state index contributed by atoms with van der Waals surface area (Å²) in [5, 5.41) is 12.6. The Morgan fingerprint density at radius 3 is 3.13 bits per heavy atom. The number of pyridine rings is 2. The van der Waals surface area contributed by atoms with E-state index in [0.29, 0.717) is 22.8 Å². The topological polar surface area (TPSA) is 88.1 Å². The molecule has 2 aliphatic heterocycles. The highest BCUT2D eigenvalue weighted by Gasteiger charge is 2.30. The molecule has 2 aromatic heterocycles. The molecule has 1 atom stereocenters. The van der Waals surface area contributed by atoms with E-state index in [4.69, 9.17) is 0 Å². The van der Waals surface area contributed by atoms with Gasteiger partial charge in [-0.15, -0.1) is 0 Å². The zero-order chi connectivity index (χ0) is 15.8. The first kappa shape index (κ1) is 13.6. The highest BCUT2D eigenvalue weighted by atomic mass is 16.1. The number of H-pyrrole nitrogens is 1. The Morgan fingerprint density at radius 2 is 2.35 bits per heavy atom. The molecular weight excluding hydrogens is 292 g/mol. The monoisotopic (exact) mass is 308 g/mol. The van der Waals surface area contributed by atoms with E-state index in [-0.39, 0.29) is 11.1 Å². The number of hydrogen-bond donors (Lipinski definition) is 2. The van der Waals surface area contributed by atoms with Crippen LogP contribution in [0.4, 0.5) is 5.69 Å². The molecule has 0 radical (unpaired) electrons. The van der Waals surface area contributed by atoms with Crippen LogP contribution in [0.1, 0.15) is 12.0 Å². The smallest absolute Gasteiger partial charge is 0.268 e. The lowest BCUT2D eigenvalue weighted by Crippen LogP contribution is -2.35. The molecule has 7 nitrogen and oxygen atoms in total. The fourth-order valence-corrected chi connectivity index (χ4v) is 3.34. The van der Waals surface area contributed by atoms with Crippen LogP contribution in [0.15, 0.2) is 35.5 Å². The fourth-order valence-electron chi connectivity index (χ4n) is 3.34. The minimum atomic E-state index is -0.353. The number of anilines is 1. The lowest BCUT2D eigenvalue weighted by Gasteiger charge is -2.25. The summed E-state index contributed by atoms with van der Waals surface area (Å²) in [6.07, 6.45) is 6.66. The molecule has 0 saturated carbocycles. The highest BCUT2D eigenvalue weighted by Crippen LogP contribution is 2.30. The molecule has 4 rings (SSSR count). The minimum absolute atomic E-state index is 0.145. The van der Waals surface area contributed by atoms with E-state index in [1.54, 1.807) is 12.3 Å². The Morgan fingerprint density at radius 1 is 1.43 bits per heavy atom. The van der Waals surface area contributed by atoms with Crippen molar-refractivity contribution in [2.24, 2.45) is 0 Å². The third-order valence-electron chi connectivity index (χ3n) is 4.46. The van der Waals surface area contributed by atoms with Gasteiger partial charge in [0.05, 0.1) is 17.9 Å². The molecule has 7 heteroatoms. The standard InChI is InChI=1S/C16H16N6O/c17-8-12-15(14-13(20-16(12)23)2-1-4-19-14)21-6-3-11(9-21)22-7-5-18-10-22/h1-2,4-5,7,11,18H,3,6,9-10H2,(H,20,23). The predicted octanol–water partition coefficient (Wildman–Crippen LogP) is 0.707. The second-order valence-electron chi connectivity index (χ2n) is 5.77. The van der Waals surface area contributed by atoms with Crippen LogP contribution in [-0.4, -0.2) is 40.7 Å². The van der Waals surface area contributed by atoms with Crippen molar-refractivity contribution in [1.82, 2.24) is 20.2 Å². The Kier molecular flexibility index (Phi) is 3.15. The summed E-state index contributed by atoms with van der Waals surface area (Å²) < 4.78 is 0. The van der Waals surface area contributed by atoms with Crippen LogP contribution < -0.4 is 15.8 Å². The van der Waals surface area contributed by atoms with Gasteiger partial charge in [-0.3, -0.25) is 9.78 Å². The Hall–Kier alpha value is -3.01. The normalized spacial score (nSPS) is 20.0. The number of nitriles is 1. The van der Waals surface area contributed by atoms with Crippen LogP contribution in [0.25, 0.3) is 11.0 Å². The zero-order valence-corrected chi connectivity index (χ0v) is 12.5. The molecule has 0 spiro atoms. The van der Waals surface area contributed by atoms with Crippen molar-refractivity contribution in [2.45, 2.75) is 12.5 Å². The lowest BCUT2D eigenvalue weighted by molar-refractivity contribution is 0.306. The van der Waals surface area contributed by atoms with Crippen molar-refractivity contribution in [2.75, 3.05) is 24.7 Å². The predicted molar refractivity (Wildman–Crippen MR) is 86.7 cm³/mol. The first-order valence-electron chi connectivity index (χ1n) is 7.60. The van der Waals surface area contributed by atoms with E-state index in [0.717, 1.165) is 26.2 Å². The van der Waals surface area contributed by atoms with E-state index in [9.17, 15) is 10.1 Å². The molecule has 2 N–H and O–H groups in total. The van der Waals surface area contributed by atoms with Gasteiger partial charge in [0.15, 0.2) is 0 Å². The third kappa shape index (κ3) is 2.19. The van der Waals surface area contributed by atoms with Crippen LogP contribution in [0.3, 0.4) is 0 Å². The fraction of sp³-hybridized carbons (Fsp3) is 0.312. The summed E-state index contributed by atoms with van der Waals surface area (Å²) in [4.78, 5) is 23.7. The first-order valence-corrected chi connectivity index (χ1v) is 7.60. The van der Waals surface area contributed by atoms with Crippen LogP contribution in [0.5, 0.6) is 0 Å². The van der Waals surface area contributed by atoms with Crippen molar-refractivity contribution in [3.63, 3.8) is 0 Å². The molecule has 0 bridgehead atoms. The molecule has 4 heterocycles. The van der Waals surface area contributed by atoms with Gasteiger partial charge in [0.25, 0.3) is 5.56 Å². The van der Waals surface area contributed by atoms with Crippen LogP contribution in [0.2, 0.25) is 0 Å². The number of hydrogen-bond acceptors (Lipinski definition) is 6. The van der Waals surface area contributed by atoms with E-state index in [1.165, 1.54) is 0 Å². The summed E-state index contributed by atoms with van der Waals surface area (Å²) in [6, 6.07) is 6.01. The van der Waals surface area contributed by atoms with Crippen LogP contribution in [0, 0.1) is 11.3 Å². The van der Waals surface area contributed by atoms with Crippen molar-refractivity contribution >= 4 is 16.7 Å². The number of fused-ring (bicyclic) bond motifs is 1. The van der Waals surface area contributed by atoms with Gasteiger partial charge in [-0.2, -0.15) is 5.26 Å². The summed E-state index contributed by atoms with van der Waals surface area (Å²) in [5.74, 6) is 0. The van der Waals surface area contributed by atoms with Crippen molar-refractivity contribution in [3.05, 3.63) is 46.6 Å². The molecule has 1 fully saturated rings. The summed E-state index contributed by atoms with van der Waals surface area (Å²) in [5.41, 5.74) is 1.80. The molecule has 2 aliphatic rings. The van der Waals surface area contributed by atoms with E-state index < -0.39 is 0 Å². The summed E-state index contributed by atoms with van der Waals surface area (Å²) in [6.45, 7) is 2.38. The number of aromatic amines is 1. The molecule has 0 aromatic carbocycles. The zero-order valence-electron chi connectivity index (χ0n) is 12.5. The second kappa shape index (κ2) is 5.32. The lowest BCUT2D eigenvalue weighted by atomic mass is 10.1. The van der Waals surface area contributed by atoms with Gasteiger partial charge in [0.1, 0.15) is 17.1 Å². The maximum absolute atomic E-state index is 12.2. The summed E-state index contributed by atoms with van der Waals surface area (Å²) >= 11 is 0. The quantitative estimate of drug-likeness (QED) is 0.849. The average Bonchev–Trinajstić information content (AvgIpc) is 3.24.